The number of benzene rings is 2. The van der Waals surface area contributed by atoms with Crippen molar-refractivity contribution in [2.45, 2.75) is 20.0 Å². The Bertz CT molecular complexity index is 733. The maximum Gasteiger partial charge on any atom is 0.221 e. The zero-order chi connectivity index (χ0) is 18.1. The predicted molar refractivity (Wildman–Crippen MR) is 117 cm³/mol. The zero-order valence-electron chi connectivity index (χ0n) is 15.0. The van der Waals surface area contributed by atoms with Crippen molar-refractivity contribution in [2.75, 3.05) is 24.3 Å². The first-order valence-electron chi connectivity index (χ1n) is 8.09. The molecular weight excluding hydrogens is 443 g/mol. The smallest absolute Gasteiger partial charge is 0.221 e. The van der Waals surface area contributed by atoms with E-state index in [0.717, 1.165) is 28.9 Å². The molecule has 0 saturated carbocycles. The minimum atomic E-state index is -0.0787. The van der Waals surface area contributed by atoms with E-state index in [1.807, 2.05) is 48.5 Å². The Kier molecular flexibility index (Phi) is 9.67. The first-order chi connectivity index (χ1) is 12.1. The fourth-order valence-corrected chi connectivity index (χ4v) is 2.36. The SMILES string of the molecule is COCc1ccccc1NC(N)=NCCc1ccc(NC(C)=O)cc1.I. The van der Waals surface area contributed by atoms with Gasteiger partial charge in [0.05, 0.1) is 6.61 Å². The standard InChI is InChI=1S/C19H24N4O2.HI/c1-14(24)22-17-9-7-15(8-10-17)11-12-21-19(20)23-18-6-4-3-5-16(18)13-25-2;/h3-10H,11-13H2,1-2H3,(H,22,24)(H3,20,21,23);1H. The lowest BCUT2D eigenvalue weighted by molar-refractivity contribution is -0.114. The molecule has 2 aromatic rings. The summed E-state index contributed by atoms with van der Waals surface area (Å²) in [6.07, 6.45) is 0.766. The summed E-state index contributed by atoms with van der Waals surface area (Å²) < 4.78 is 5.18. The van der Waals surface area contributed by atoms with Gasteiger partial charge in [-0.3, -0.25) is 9.79 Å². The summed E-state index contributed by atoms with van der Waals surface area (Å²) in [5.41, 5.74) is 9.80. The monoisotopic (exact) mass is 468 g/mol. The maximum absolute atomic E-state index is 11.0. The van der Waals surface area contributed by atoms with Crippen molar-refractivity contribution in [1.82, 2.24) is 0 Å². The number of carbonyl (C=O) groups excluding carboxylic acids is 1. The molecule has 6 nitrogen and oxygen atoms in total. The number of halogens is 1. The fraction of sp³-hybridized carbons (Fsp3) is 0.263. The average Bonchev–Trinajstić information content (AvgIpc) is 2.58. The number of methoxy groups -OCH3 is 1. The number of ether oxygens (including phenoxy) is 1. The van der Waals surface area contributed by atoms with Gasteiger partial charge < -0.3 is 21.1 Å². The van der Waals surface area contributed by atoms with Gasteiger partial charge in [0, 0.05) is 37.5 Å². The molecule has 140 valence electrons. The van der Waals surface area contributed by atoms with E-state index in [1.54, 1.807) is 7.11 Å². The van der Waals surface area contributed by atoms with Gasteiger partial charge in [-0.05, 0) is 30.2 Å². The molecule has 0 unspecified atom stereocenters. The molecule has 2 rings (SSSR count). The number of aliphatic imine (C=N–C) groups is 1. The molecule has 0 aromatic heterocycles. The van der Waals surface area contributed by atoms with Crippen molar-refractivity contribution in [3.63, 3.8) is 0 Å². The summed E-state index contributed by atoms with van der Waals surface area (Å²) in [5.74, 6) is 0.295. The van der Waals surface area contributed by atoms with Gasteiger partial charge in [0.2, 0.25) is 5.91 Å². The van der Waals surface area contributed by atoms with E-state index >= 15 is 0 Å². The minimum absolute atomic E-state index is 0. The van der Waals surface area contributed by atoms with E-state index in [1.165, 1.54) is 6.92 Å². The Morgan fingerprint density at radius 3 is 2.46 bits per heavy atom. The largest absolute Gasteiger partial charge is 0.380 e. The van der Waals surface area contributed by atoms with Crippen LogP contribution in [-0.4, -0.2) is 25.5 Å². The summed E-state index contributed by atoms with van der Waals surface area (Å²) in [7, 11) is 1.66. The van der Waals surface area contributed by atoms with Gasteiger partial charge in [-0.15, -0.1) is 24.0 Å². The van der Waals surface area contributed by atoms with Gasteiger partial charge in [0.1, 0.15) is 0 Å². The molecule has 0 radical (unpaired) electrons. The van der Waals surface area contributed by atoms with Crippen molar-refractivity contribution >= 4 is 47.2 Å². The number of nitrogens with two attached hydrogens (primary N) is 1. The van der Waals surface area contributed by atoms with Crippen LogP contribution in [0.4, 0.5) is 11.4 Å². The Morgan fingerprint density at radius 1 is 1.12 bits per heavy atom. The maximum atomic E-state index is 11.0. The number of amides is 1. The molecule has 0 aliphatic rings. The van der Waals surface area contributed by atoms with Crippen molar-refractivity contribution in [1.29, 1.82) is 0 Å². The van der Waals surface area contributed by atoms with Gasteiger partial charge >= 0.3 is 0 Å². The summed E-state index contributed by atoms with van der Waals surface area (Å²) in [6, 6.07) is 15.5. The topological polar surface area (TPSA) is 88.7 Å². The molecule has 0 bridgehead atoms. The molecule has 0 heterocycles. The molecule has 0 aliphatic carbocycles. The van der Waals surface area contributed by atoms with E-state index in [0.29, 0.717) is 19.1 Å². The van der Waals surface area contributed by atoms with Crippen LogP contribution in [0.25, 0.3) is 0 Å². The molecule has 4 N–H and O–H groups in total. The highest BCUT2D eigenvalue weighted by Crippen LogP contribution is 2.15. The molecule has 0 atom stereocenters. The van der Waals surface area contributed by atoms with Gasteiger partial charge in [-0.25, -0.2) is 0 Å². The molecule has 26 heavy (non-hydrogen) atoms. The molecule has 0 fully saturated rings. The fourth-order valence-electron chi connectivity index (χ4n) is 2.36. The van der Waals surface area contributed by atoms with Crippen molar-refractivity contribution in [3.05, 3.63) is 59.7 Å². The molecule has 2 aromatic carbocycles. The van der Waals surface area contributed by atoms with Crippen LogP contribution in [0.2, 0.25) is 0 Å². The van der Waals surface area contributed by atoms with Gasteiger partial charge in [-0.1, -0.05) is 30.3 Å². The van der Waals surface area contributed by atoms with Crippen LogP contribution < -0.4 is 16.4 Å². The van der Waals surface area contributed by atoms with Crippen LogP contribution in [0.3, 0.4) is 0 Å². The van der Waals surface area contributed by atoms with Crippen LogP contribution in [0.15, 0.2) is 53.5 Å². The Balaban J connectivity index is 0.00000338. The molecule has 0 saturated heterocycles. The summed E-state index contributed by atoms with van der Waals surface area (Å²) in [6.45, 7) is 2.57. The number of nitrogens with one attached hydrogen (secondary N) is 2. The highest BCUT2D eigenvalue weighted by Gasteiger charge is 2.02. The van der Waals surface area contributed by atoms with E-state index in [-0.39, 0.29) is 29.9 Å². The van der Waals surface area contributed by atoms with Gasteiger partial charge in [-0.2, -0.15) is 0 Å². The van der Waals surface area contributed by atoms with Gasteiger partial charge in [0.25, 0.3) is 0 Å². The summed E-state index contributed by atoms with van der Waals surface area (Å²) in [4.78, 5) is 15.4. The van der Waals surface area contributed by atoms with E-state index in [9.17, 15) is 4.79 Å². The third kappa shape index (κ3) is 7.40. The molecule has 0 aliphatic heterocycles. The molecule has 0 spiro atoms. The van der Waals surface area contributed by atoms with Crippen LogP contribution in [0, 0.1) is 0 Å². The molecule has 7 heteroatoms. The predicted octanol–water partition coefficient (Wildman–Crippen LogP) is 3.38. The van der Waals surface area contributed by atoms with Crippen LogP contribution in [-0.2, 0) is 22.6 Å². The molecule has 1 amide bonds. The highest BCUT2D eigenvalue weighted by molar-refractivity contribution is 14.0. The zero-order valence-corrected chi connectivity index (χ0v) is 17.3. The quantitative estimate of drug-likeness (QED) is 0.330. The van der Waals surface area contributed by atoms with Crippen LogP contribution >= 0.6 is 24.0 Å². The Hall–Kier alpha value is -2.13. The lowest BCUT2D eigenvalue weighted by Crippen LogP contribution is -2.23. The van der Waals surface area contributed by atoms with E-state index < -0.39 is 0 Å². The van der Waals surface area contributed by atoms with E-state index in [4.69, 9.17) is 10.5 Å². The third-order valence-corrected chi connectivity index (χ3v) is 3.54. The normalized spacial score (nSPS) is 10.8. The third-order valence-electron chi connectivity index (χ3n) is 3.54. The Morgan fingerprint density at radius 2 is 1.81 bits per heavy atom. The van der Waals surface area contributed by atoms with Crippen molar-refractivity contribution < 1.29 is 9.53 Å². The highest BCUT2D eigenvalue weighted by atomic mass is 127. The number of hydrogen-bond acceptors (Lipinski definition) is 3. The number of carbonyl (C=O) groups is 1. The van der Waals surface area contributed by atoms with E-state index in [2.05, 4.69) is 15.6 Å². The van der Waals surface area contributed by atoms with Crippen LogP contribution in [0.5, 0.6) is 0 Å². The lowest BCUT2D eigenvalue weighted by Gasteiger charge is -2.11. The summed E-state index contributed by atoms with van der Waals surface area (Å²) >= 11 is 0. The van der Waals surface area contributed by atoms with Crippen molar-refractivity contribution in [2.24, 2.45) is 10.7 Å². The number of para-hydroxylation sites is 1. The number of anilines is 2. The Labute approximate surface area is 171 Å². The average molecular weight is 468 g/mol. The van der Waals surface area contributed by atoms with Gasteiger partial charge in [0.15, 0.2) is 5.96 Å². The number of rotatable bonds is 7. The van der Waals surface area contributed by atoms with Crippen molar-refractivity contribution in [3.8, 4) is 0 Å². The number of hydrogen-bond donors (Lipinski definition) is 3. The number of nitrogens with zero attached hydrogens (tertiary/aromatic N) is 1. The second-order valence-electron chi connectivity index (χ2n) is 5.61. The van der Waals surface area contributed by atoms with Crippen LogP contribution in [0.1, 0.15) is 18.1 Å². The summed E-state index contributed by atoms with van der Waals surface area (Å²) in [5, 5.41) is 5.86. The first kappa shape index (κ1) is 21.9. The number of guanidine groups is 1. The minimum Gasteiger partial charge on any atom is -0.380 e. The second kappa shape index (κ2) is 11.5. The first-order valence-corrected chi connectivity index (χ1v) is 8.09. The second-order valence-corrected chi connectivity index (χ2v) is 5.61. The molecular formula is C19H25IN4O2. The lowest BCUT2D eigenvalue weighted by atomic mass is 10.1.